The number of carbonyl (C=O) groups is 1. The van der Waals surface area contributed by atoms with Crippen molar-refractivity contribution in [2.24, 2.45) is 0 Å². The first-order chi connectivity index (χ1) is 6.74. The highest BCUT2D eigenvalue weighted by Crippen LogP contribution is 2.04. The zero-order valence-electron chi connectivity index (χ0n) is 9.43. The van der Waals surface area contributed by atoms with Gasteiger partial charge in [0.1, 0.15) is 0 Å². The summed E-state index contributed by atoms with van der Waals surface area (Å²) in [5.74, 6) is 5.51. The third kappa shape index (κ3) is 6.54. The van der Waals surface area contributed by atoms with Crippen LogP contribution in [-0.2, 0) is 9.53 Å². The lowest BCUT2D eigenvalue weighted by atomic mass is 10.2. The molecule has 1 atom stereocenters. The predicted octanol–water partition coefficient (Wildman–Crippen LogP) is 2.91. The highest BCUT2D eigenvalue weighted by atomic mass is 16.5. The van der Waals surface area contributed by atoms with Gasteiger partial charge in [0.2, 0.25) is 0 Å². The lowest BCUT2D eigenvalue weighted by Crippen LogP contribution is -2.15. The molecule has 0 N–H and O–H groups in total. The SMILES string of the molecule is CC#CC(CC)OC(=O)CCCCC. The van der Waals surface area contributed by atoms with Gasteiger partial charge in [-0.2, -0.15) is 0 Å². The Hall–Kier alpha value is -0.970. The van der Waals surface area contributed by atoms with E-state index in [9.17, 15) is 4.79 Å². The van der Waals surface area contributed by atoms with Gasteiger partial charge in [0.15, 0.2) is 6.10 Å². The maximum Gasteiger partial charge on any atom is 0.307 e. The van der Waals surface area contributed by atoms with Crippen LogP contribution in [0.15, 0.2) is 0 Å². The van der Waals surface area contributed by atoms with Crippen molar-refractivity contribution in [1.82, 2.24) is 0 Å². The number of rotatable bonds is 6. The summed E-state index contributed by atoms with van der Waals surface area (Å²) >= 11 is 0. The molecule has 0 bridgehead atoms. The van der Waals surface area contributed by atoms with Gasteiger partial charge in [0.25, 0.3) is 0 Å². The summed E-state index contributed by atoms with van der Waals surface area (Å²) in [6.45, 7) is 5.84. The summed E-state index contributed by atoms with van der Waals surface area (Å²) in [5, 5.41) is 0. The molecule has 0 radical (unpaired) electrons. The van der Waals surface area contributed by atoms with Crippen LogP contribution in [0.25, 0.3) is 0 Å². The number of carbonyl (C=O) groups excluding carboxylic acids is 1. The van der Waals surface area contributed by atoms with Crippen LogP contribution in [0, 0.1) is 11.8 Å². The quantitative estimate of drug-likeness (QED) is 0.371. The molecule has 0 aromatic carbocycles. The van der Waals surface area contributed by atoms with E-state index in [0.717, 1.165) is 25.7 Å². The summed E-state index contributed by atoms with van der Waals surface area (Å²) in [6, 6.07) is 0. The normalized spacial score (nSPS) is 11.4. The van der Waals surface area contributed by atoms with E-state index >= 15 is 0 Å². The molecule has 2 nitrogen and oxygen atoms in total. The molecule has 0 saturated heterocycles. The molecule has 0 spiro atoms. The highest BCUT2D eigenvalue weighted by Gasteiger charge is 2.08. The van der Waals surface area contributed by atoms with Crippen LogP contribution in [-0.4, -0.2) is 12.1 Å². The molecule has 1 unspecified atom stereocenters. The Morgan fingerprint density at radius 2 is 2.07 bits per heavy atom. The molecule has 0 heterocycles. The van der Waals surface area contributed by atoms with E-state index in [1.54, 1.807) is 6.92 Å². The van der Waals surface area contributed by atoms with E-state index < -0.39 is 0 Å². The minimum absolute atomic E-state index is 0.118. The first-order valence-electron chi connectivity index (χ1n) is 5.36. The van der Waals surface area contributed by atoms with E-state index in [1.807, 2.05) is 6.92 Å². The third-order valence-electron chi connectivity index (χ3n) is 1.93. The van der Waals surface area contributed by atoms with Crippen LogP contribution < -0.4 is 0 Å². The summed E-state index contributed by atoms with van der Waals surface area (Å²) in [5.41, 5.74) is 0. The summed E-state index contributed by atoms with van der Waals surface area (Å²) in [6.07, 6.45) is 4.21. The number of esters is 1. The maximum absolute atomic E-state index is 11.3. The van der Waals surface area contributed by atoms with Crippen LogP contribution in [0.5, 0.6) is 0 Å². The zero-order valence-corrected chi connectivity index (χ0v) is 9.43. The van der Waals surface area contributed by atoms with Crippen molar-refractivity contribution in [3.63, 3.8) is 0 Å². The van der Waals surface area contributed by atoms with Crippen molar-refractivity contribution >= 4 is 5.97 Å². The van der Waals surface area contributed by atoms with Gasteiger partial charge < -0.3 is 4.74 Å². The molecule has 0 aromatic rings. The number of unbranched alkanes of at least 4 members (excludes halogenated alkanes) is 2. The van der Waals surface area contributed by atoms with Gasteiger partial charge >= 0.3 is 5.97 Å². The average Bonchev–Trinajstić information content (AvgIpc) is 2.17. The zero-order chi connectivity index (χ0) is 10.8. The third-order valence-corrected chi connectivity index (χ3v) is 1.93. The summed E-state index contributed by atoms with van der Waals surface area (Å²) < 4.78 is 5.17. The first-order valence-corrected chi connectivity index (χ1v) is 5.36. The van der Waals surface area contributed by atoms with Gasteiger partial charge in [-0.15, -0.1) is 5.92 Å². The molecule has 0 rings (SSSR count). The standard InChI is InChI=1S/C12H20O2/c1-4-7-8-10-12(13)14-11(6-3)9-5-2/h11H,4,6-8,10H2,1-3H3. The van der Waals surface area contributed by atoms with Crippen LogP contribution >= 0.6 is 0 Å². The molecule has 0 fully saturated rings. The largest absolute Gasteiger partial charge is 0.449 e. The molecule has 0 aromatic heterocycles. The minimum Gasteiger partial charge on any atom is -0.449 e. The summed E-state index contributed by atoms with van der Waals surface area (Å²) in [7, 11) is 0. The molecule has 80 valence electrons. The second-order valence-electron chi connectivity index (χ2n) is 3.24. The van der Waals surface area contributed by atoms with E-state index in [1.165, 1.54) is 0 Å². The number of ether oxygens (including phenoxy) is 1. The predicted molar refractivity (Wildman–Crippen MR) is 57.8 cm³/mol. The van der Waals surface area contributed by atoms with Crippen molar-refractivity contribution in [1.29, 1.82) is 0 Å². The van der Waals surface area contributed by atoms with E-state index in [0.29, 0.717) is 6.42 Å². The van der Waals surface area contributed by atoms with Gasteiger partial charge in [-0.3, -0.25) is 4.79 Å². The molecule has 0 amide bonds. The molecular formula is C12H20O2. The topological polar surface area (TPSA) is 26.3 Å². The van der Waals surface area contributed by atoms with Gasteiger partial charge in [-0.1, -0.05) is 32.6 Å². The monoisotopic (exact) mass is 196 g/mol. The maximum atomic E-state index is 11.3. The van der Waals surface area contributed by atoms with Crippen LogP contribution in [0.4, 0.5) is 0 Å². The molecule has 0 aliphatic carbocycles. The Bertz CT molecular complexity index is 210. The highest BCUT2D eigenvalue weighted by molar-refractivity contribution is 5.69. The van der Waals surface area contributed by atoms with Crippen molar-refractivity contribution in [3.05, 3.63) is 0 Å². The lowest BCUT2D eigenvalue weighted by molar-refractivity contribution is -0.146. The fraction of sp³-hybridized carbons (Fsp3) is 0.750. The van der Waals surface area contributed by atoms with Crippen LogP contribution in [0.3, 0.4) is 0 Å². The van der Waals surface area contributed by atoms with Crippen LogP contribution in [0.1, 0.15) is 52.9 Å². The van der Waals surface area contributed by atoms with E-state index in [-0.39, 0.29) is 12.1 Å². The molecule has 0 saturated carbocycles. The Balaban J connectivity index is 3.71. The van der Waals surface area contributed by atoms with Gasteiger partial charge in [0.05, 0.1) is 0 Å². The van der Waals surface area contributed by atoms with Gasteiger partial charge in [0, 0.05) is 6.42 Å². The van der Waals surface area contributed by atoms with Crippen molar-refractivity contribution in [3.8, 4) is 11.8 Å². The lowest BCUT2D eigenvalue weighted by Gasteiger charge is -2.09. The fourth-order valence-electron chi connectivity index (χ4n) is 1.11. The number of hydrogen-bond acceptors (Lipinski definition) is 2. The van der Waals surface area contributed by atoms with Crippen molar-refractivity contribution in [2.45, 2.75) is 59.0 Å². The van der Waals surface area contributed by atoms with E-state index in [2.05, 4.69) is 18.8 Å². The van der Waals surface area contributed by atoms with Crippen molar-refractivity contribution < 1.29 is 9.53 Å². The Labute approximate surface area is 87.0 Å². The first kappa shape index (κ1) is 13.0. The molecule has 0 aliphatic heterocycles. The van der Waals surface area contributed by atoms with E-state index in [4.69, 9.17) is 4.74 Å². The second kappa shape index (κ2) is 8.62. The molecule has 14 heavy (non-hydrogen) atoms. The Morgan fingerprint density at radius 1 is 1.36 bits per heavy atom. The smallest absolute Gasteiger partial charge is 0.307 e. The molecule has 2 heteroatoms. The molecular weight excluding hydrogens is 176 g/mol. The second-order valence-corrected chi connectivity index (χ2v) is 3.24. The average molecular weight is 196 g/mol. The van der Waals surface area contributed by atoms with Crippen molar-refractivity contribution in [2.75, 3.05) is 0 Å². The fourth-order valence-corrected chi connectivity index (χ4v) is 1.11. The number of hydrogen-bond donors (Lipinski definition) is 0. The van der Waals surface area contributed by atoms with Gasteiger partial charge in [-0.05, 0) is 19.8 Å². The van der Waals surface area contributed by atoms with Crippen LogP contribution in [0.2, 0.25) is 0 Å². The molecule has 0 aliphatic rings. The summed E-state index contributed by atoms with van der Waals surface area (Å²) in [4.78, 5) is 11.3. The minimum atomic E-state index is -0.214. The Morgan fingerprint density at radius 3 is 2.57 bits per heavy atom. The Kier molecular flexibility index (Phi) is 8.02. The van der Waals surface area contributed by atoms with Gasteiger partial charge in [-0.25, -0.2) is 0 Å².